The minimum Gasteiger partial charge on any atom is -0.390 e. The number of aliphatic hydroxyl groups is 1. The van der Waals surface area contributed by atoms with Gasteiger partial charge in [0.15, 0.2) is 0 Å². The highest BCUT2D eigenvalue weighted by atomic mass is 19.1. The topological polar surface area (TPSA) is 35.5 Å². The number of hydrogen-bond donors (Lipinski definition) is 2. The Balaban J connectivity index is 1.68. The molecule has 1 atom stereocenters. The summed E-state index contributed by atoms with van der Waals surface area (Å²) in [5, 5.41) is 13.0. The predicted octanol–water partition coefficient (Wildman–Crippen LogP) is 2.15. The predicted molar refractivity (Wildman–Crippen MR) is 78.9 cm³/mol. The molecule has 0 aromatic heterocycles. The van der Waals surface area contributed by atoms with Gasteiger partial charge in [-0.3, -0.25) is 0 Å². The summed E-state index contributed by atoms with van der Waals surface area (Å²) in [6.45, 7) is 5.75. The summed E-state index contributed by atoms with van der Waals surface area (Å²) in [7, 11) is 0. The molecule has 2 N–H and O–H groups in total. The molecule has 0 saturated carbocycles. The van der Waals surface area contributed by atoms with Gasteiger partial charge in [-0.15, -0.1) is 0 Å². The molecule has 1 aromatic carbocycles. The van der Waals surface area contributed by atoms with Crippen LogP contribution in [0.2, 0.25) is 0 Å². The average Bonchev–Trinajstić information content (AvgIpc) is 2.40. The Hall–Kier alpha value is -1.04. The smallest absolute Gasteiger partial charge is 0.126 e. The molecule has 118 valence electrons. The van der Waals surface area contributed by atoms with Crippen molar-refractivity contribution >= 4 is 0 Å². The highest BCUT2D eigenvalue weighted by molar-refractivity contribution is 5.17. The van der Waals surface area contributed by atoms with Gasteiger partial charge in [0.2, 0.25) is 0 Å². The van der Waals surface area contributed by atoms with Crippen LogP contribution in [-0.4, -0.2) is 42.3 Å². The molecule has 0 bridgehead atoms. The summed E-state index contributed by atoms with van der Waals surface area (Å²) in [6, 6.07) is 3.46. The van der Waals surface area contributed by atoms with Crippen molar-refractivity contribution in [1.82, 2.24) is 10.2 Å². The third kappa shape index (κ3) is 5.69. The van der Waals surface area contributed by atoms with E-state index in [4.69, 9.17) is 0 Å². The number of piperidine rings is 1. The van der Waals surface area contributed by atoms with Crippen LogP contribution in [0.3, 0.4) is 0 Å². The molecule has 5 heteroatoms. The van der Waals surface area contributed by atoms with Gasteiger partial charge < -0.3 is 15.3 Å². The lowest BCUT2D eigenvalue weighted by Gasteiger charge is -2.31. The van der Waals surface area contributed by atoms with Crippen molar-refractivity contribution in [2.75, 3.05) is 26.2 Å². The second-order valence-electron chi connectivity index (χ2n) is 6.05. The zero-order chi connectivity index (χ0) is 15.2. The lowest BCUT2D eigenvalue weighted by molar-refractivity contribution is 0.0907. The highest BCUT2D eigenvalue weighted by Gasteiger charge is 2.18. The van der Waals surface area contributed by atoms with Crippen LogP contribution in [0.1, 0.15) is 25.3 Å². The molecule has 1 saturated heterocycles. The Morgan fingerprint density at radius 1 is 1.24 bits per heavy atom. The first kappa shape index (κ1) is 16.3. The van der Waals surface area contributed by atoms with Crippen LogP contribution in [0.4, 0.5) is 8.78 Å². The second-order valence-corrected chi connectivity index (χ2v) is 6.05. The first-order valence-corrected chi connectivity index (χ1v) is 7.59. The molecule has 0 amide bonds. The number of benzene rings is 1. The Bertz CT molecular complexity index is 428. The van der Waals surface area contributed by atoms with Crippen LogP contribution in [0, 0.1) is 17.6 Å². The van der Waals surface area contributed by atoms with E-state index in [0.717, 1.165) is 25.1 Å². The van der Waals surface area contributed by atoms with Gasteiger partial charge >= 0.3 is 0 Å². The van der Waals surface area contributed by atoms with Gasteiger partial charge in [0, 0.05) is 25.7 Å². The zero-order valence-corrected chi connectivity index (χ0v) is 12.5. The molecule has 2 rings (SSSR count). The summed E-state index contributed by atoms with van der Waals surface area (Å²) >= 11 is 0. The van der Waals surface area contributed by atoms with E-state index in [0.29, 0.717) is 25.2 Å². The molecule has 0 aliphatic carbocycles. The van der Waals surface area contributed by atoms with Gasteiger partial charge in [0.1, 0.15) is 11.6 Å². The van der Waals surface area contributed by atoms with Crippen molar-refractivity contribution in [3.8, 4) is 0 Å². The maximum atomic E-state index is 13.0. The normalized spacial score (nSPS) is 18.9. The van der Waals surface area contributed by atoms with Gasteiger partial charge in [-0.05, 0) is 49.5 Å². The minimum atomic E-state index is -0.574. The quantitative estimate of drug-likeness (QED) is 0.845. The van der Waals surface area contributed by atoms with E-state index < -0.39 is 17.7 Å². The second kappa shape index (κ2) is 7.82. The Morgan fingerprint density at radius 2 is 1.86 bits per heavy atom. The van der Waals surface area contributed by atoms with Crippen molar-refractivity contribution in [3.63, 3.8) is 0 Å². The lowest BCUT2D eigenvalue weighted by Crippen LogP contribution is -2.41. The van der Waals surface area contributed by atoms with Crippen molar-refractivity contribution in [2.24, 2.45) is 5.92 Å². The lowest BCUT2D eigenvalue weighted by atomic mass is 9.99. The average molecular weight is 298 g/mol. The Morgan fingerprint density at radius 3 is 2.48 bits per heavy atom. The van der Waals surface area contributed by atoms with Gasteiger partial charge in [-0.2, -0.15) is 0 Å². The number of likely N-dealkylation sites (tertiary alicyclic amines) is 1. The van der Waals surface area contributed by atoms with E-state index in [1.165, 1.54) is 25.0 Å². The number of nitrogens with one attached hydrogen (secondary N) is 1. The zero-order valence-electron chi connectivity index (χ0n) is 12.5. The minimum absolute atomic E-state index is 0.350. The summed E-state index contributed by atoms with van der Waals surface area (Å²) < 4.78 is 26.1. The fourth-order valence-corrected chi connectivity index (χ4v) is 2.70. The number of nitrogens with zero attached hydrogens (tertiary/aromatic N) is 1. The van der Waals surface area contributed by atoms with Crippen LogP contribution < -0.4 is 5.32 Å². The SMILES string of the molecule is CC1CCN(CC(O)CNCc2cc(F)cc(F)c2)CC1. The standard InChI is InChI=1S/C16H24F2N2O/c1-12-2-4-20(5-3-12)11-16(21)10-19-9-13-6-14(17)8-15(18)7-13/h6-8,12,16,19,21H,2-5,9-11H2,1H3. The monoisotopic (exact) mass is 298 g/mol. The molecule has 21 heavy (non-hydrogen) atoms. The highest BCUT2D eigenvalue weighted by Crippen LogP contribution is 2.15. The number of hydrogen-bond acceptors (Lipinski definition) is 3. The first-order valence-electron chi connectivity index (χ1n) is 7.59. The van der Waals surface area contributed by atoms with Crippen LogP contribution in [-0.2, 0) is 6.54 Å². The largest absolute Gasteiger partial charge is 0.390 e. The maximum Gasteiger partial charge on any atom is 0.126 e. The van der Waals surface area contributed by atoms with Crippen molar-refractivity contribution in [1.29, 1.82) is 0 Å². The van der Waals surface area contributed by atoms with Crippen LogP contribution in [0.15, 0.2) is 18.2 Å². The third-order valence-corrected chi connectivity index (χ3v) is 3.98. The van der Waals surface area contributed by atoms with Crippen LogP contribution in [0.25, 0.3) is 0 Å². The number of rotatable bonds is 6. The van der Waals surface area contributed by atoms with Crippen LogP contribution in [0.5, 0.6) is 0 Å². The van der Waals surface area contributed by atoms with Gasteiger partial charge in [-0.1, -0.05) is 6.92 Å². The van der Waals surface area contributed by atoms with Crippen molar-refractivity contribution in [2.45, 2.75) is 32.4 Å². The van der Waals surface area contributed by atoms with Gasteiger partial charge in [0.05, 0.1) is 6.10 Å². The molecule has 1 aromatic rings. The van der Waals surface area contributed by atoms with E-state index >= 15 is 0 Å². The fraction of sp³-hybridized carbons (Fsp3) is 0.625. The summed E-state index contributed by atoms with van der Waals surface area (Å²) in [5.74, 6) is -0.371. The first-order chi connectivity index (χ1) is 10.0. The summed E-state index contributed by atoms with van der Waals surface area (Å²) in [6.07, 6.45) is 1.91. The molecule has 1 fully saturated rings. The van der Waals surface area contributed by atoms with Crippen molar-refractivity contribution in [3.05, 3.63) is 35.4 Å². The molecule has 0 radical (unpaired) electrons. The van der Waals surface area contributed by atoms with Gasteiger partial charge in [0.25, 0.3) is 0 Å². The molecular weight excluding hydrogens is 274 g/mol. The van der Waals surface area contributed by atoms with E-state index in [2.05, 4.69) is 17.1 Å². The molecule has 1 aliphatic rings. The molecule has 1 heterocycles. The van der Waals surface area contributed by atoms with E-state index in [1.807, 2.05) is 0 Å². The van der Waals surface area contributed by atoms with E-state index in [9.17, 15) is 13.9 Å². The van der Waals surface area contributed by atoms with E-state index in [-0.39, 0.29) is 0 Å². The van der Waals surface area contributed by atoms with Gasteiger partial charge in [-0.25, -0.2) is 8.78 Å². The molecule has 1 aliphatic heterocycles. The number of aliphatic hydroxyl groups excluding tert-OH is 1. The number of β-amino-alcohol motifs (C(OH)–C–C–N with tert-alkyl or cyclic N) is 1. The summed E-state index contributed by atoms with van der Waals surface area (Å²) in [4.78, 5) is 2.27. The van der Waals surface area contributed by atoms with Crippen molar-refractivity contribution < 1.29 is 13.9 Å². The Kier molecular flexibility index (Phi) is 6.08. The maximum absolute atomic E-state index is 13.0. The molecule has 1 unspecified atom stereocenters. The molecular formula is C16H24F2N2O. The fourth-order valence-electron chi connectivity index (χ4n) is 2.70. The van der Waals surface area contributed by atoms with E-state index in [1.54, 1.807) is 0 Å². The van der Waals surface area contributed by atoms with Crippen LogP contribution >= 0.6 is 0 Å². The number of halogens is 2. The Labute approximate surface area is 125 Å². The molecule has 0 spiro atoms. The summed E-state index contributed by atoms with van der Waals surface area (Å²) in [5.41, 5.74) is 0.548. The molecule has 3 nitrogen and oxygen atoms in total. The third-order valence-electron chi connectivity index (χ3n) is 3.98.